The summed E-state index contributed by atoms with van der Waals surface area (Å²) in [4.78, 5) is 4.44. The normalized spacial score (nSPS) is 21.4. The molecule has 16 heavy (non-hydrogen) atoms. The van der Waals surface area contributed by atoms with Crippen LogP contribution >= 0.6 is 15.9 Å². The summed E-state index contributed by atoms with van der Waals surface area (Å²) in [5.74, 6) is 0.647. The van der Waals surface area contributed by atoms with Gasteiger partial charge in [0.05, 0.1) is 11.1 Å². The number of oxazole rings is 1. The molecule has 0 spiro atoms. The van der Waals surface area contributed by atoms with Gasteiger partial charge in [-0.05, 0) is 28.1 Å². The molecule has 3 rings (SSSR count). The average Bonchev–Trinajstić information content (AvgIpc) is 2.76. The van der Waals surface area contributed by atoms with Crippen molar-refractivity contribution in [3.05, 3.63) is 28.6 Å². The minimum Gasteiger partial charge on any atom is -0.437 e. The van der Waals surface area contributed by atoms with Gasteiger partial charge in [-0.3, -0.25) is 0 Å². The number of fused-ring (bicyclic) bond motifs is 1. The maximum Gasteiger partial charge on any atom is 0.226 e. The molecule has 2 heterocycles. The van der Waals surface area contributed by atoms with Crippen LogP contribution in [0.5, 0.6) is 0 Å². The summed E-state index contributed by atoms with van der Waals surface area (Å²) in [6.45, 7) is 2.34. The topological polar surface area (TPSA) is 47.3 Å². The number of ether oxygens (including phenoxy) is 1. The maximum absolute atomic E-state index is 5.72. The van der Waals surface area contributed by atoms with Gasteiger partial charge in [0.2, 0.25) is 5.89 Å². The Hall–Kier alpha value is -0.910. The molecule has 84 valence electrons. The molecular weight excluding hydrogens is 272 g/mol. The molecule has 0 radical (unpaired) electrons. The number of halogens is 1. The standard InChI is InChI=1S/C11H11BrN2O2/c12-7-2-1-3-8-10(7)16-11(14-8)9-6-13-4-5-15-9/h1-3,9,13H,4-6H2. The highest BCUT2D eigenvalue weighted by Crippen LogP contribution is 2.28. The number of para-hydroxylation sites is 1. The molecule has 1 aliphatic heterocycles. The van der Waals surface area contributed by atoms with E-state index >= 15 is 0 Å². The quantitative estimate of drug-likeness (QED) is 0.872. The second-order valence-corrected chi connectivity index (χ2v) is 4.56. The molecule has 0 aliphatic carbocycles. The number of rotatable bonds is 1. The van der Waals surface area contributed by atoms with Crippen molar-refractivity contribution in [2.24, 2.45) is 0 Å². The summed E-state index contributed by atoms with van der Waals surface area (Å²) in [5, 5.41) is 3.26. The third-order valence-electron chi connectivity index (χ3n) is 2.59. The van der Waals surface area contributed by atoms with Gasteiger partial charge < -0.3 is 14.5 Å². The third kappa shape index (κ3) is 1.75. The summed E-state index contributed by atoms with van der Waals surface area (Å²) < 4.78 is 12.2. The van der Waals surface area contributed by atoms with Crippen LogP contribution in [-0.4, -0.2) is 24.7 Å². The monoisotopic (exact) mass is 282 g/mol. The third-order valence-corrected chi connectivity index (χ3v) is 3.21. The van der Waals surface area contributed by atoms with Gasteiger partial charge in [0.1, 0.15) is 11.6 Å². The SMILES string of the molecule is Brc1cccc2nc(C3CNCCO3)oc12. The van der Waals surface area contributed by atoms with Crippen LogP contribution in [0.2, 0.25) is 0 Å². The van der Waals surface area contributed by atoms with E-state index in [1.807, 2.05) is 18.2 Å². The number of nitrogens with one attached hydrogen (secondary N) is 1. The van der Waals surface area contributed by atoms with E-state index in [4.69, 9.17) is 9.15 Å². The summed E-state index contributed by atoms with van der Waals surface area (Å²) in [5.41, 5.74) is 1.64. The predicted molar refractivity (Wildman–Crippen MR) is 63.3 cm³/mol. The molecule has 0 saturated carbocycles. The Kier molecular flexibility index (Phi) is 2.67. The lowest BCUT2D eigenvalue weighted by atomic mass is 10.3. The van der Waals surface area contributed by atoms with Crippen molar-refractivity contribution in [3.8, 4) is 0 Å². The van der Waals surface area contributed by atoms with Crippen molar-refractivity contribution >= 4 is 27.0 Å². The molecular formula is C11H11BrN2O2. The second kappa shape index (κ2) is 4.16. The Balaban J connectivity index is 2.01. The van der Waals surface area contributed by atoms with E-state index in [1.165, 1.54) is 0 Å². The first-order valence-corrected chi connectivity index (χ1v) is 6.01. The molecule has 2 aromatic rings. The fraction of sp³-hybridized carbons (Fsp3) is 0.364. The predicted octanol–water partition coefficient (Wildman–Crippen LogP) is 2.25. The Morgan fingerprint density at radius 2 is 2.38 bits per heavy atom. The van der Waals surface area contributed by atoms with Gasteiger partial charge in [0.15, 0.2) is 5.58 Å². The van der Waals surface area contributed by atoms with Crippen LogP contribution in [0.4, 0.5) is 0 Å². The van der Waals surface area contributed by atoms with Crippen LogP contribution in [0, 0.1) is 0 Å². The van der Waals surface area contributed by atoms with Gasteiger partial charge in [-0.2, -0.15) is 0 Å². The first-order valence-electron chi connectivity index (χ1n) is 5.22. The lowest BCUT2D eigenvalue weighted by molar-refractivity contribution is 0.0118. The van der Waals surface area contributed by atoms with Crippen molar-refractivity contribution < 1.29 is 9.15 Å². The van der Waals surface area contributed by atoms with E-state index in [0.717, 1.165) is 28.7 Å². The molecule has 1 aromatic carbocycles. The van der Waals surface area contributed by atoms with Crippen molar-refractivity contribution in [2.75, 3.05) is 19.7 Å². The number of morpholine rings is 1. The molecule has 1 fully saturated rings. The molecule has 5 heteroatoms. The lowest BCUT2D eigenvalue weighted by Gasteiger charge is -2.20. The van der Waals surface area contributed by atoms with Crippen molar-refractivity contribution in [2.45, 2.75) is 6.10 Å². The molecule has 1 unspecified atom stereocenters. The smallest absolute Gasteiger partial charge is 0.226 e. The van der Waals surface area contributed by atoms with Crippen molar-refractivity contribution in [1.29, 1.82) is 0 Å². The van der Waals surface area contributed by atoms with E-state index < -0.39 is 0 Å². The van der Waals surface area contributed by atoms with E-state index in [9.17, 15) is 0 Å². The Labute approximate surface area is 101 Å². The van der Waals surface area contributed by atoms with Crippen molar-refractivity contribution in [1.82, 2.24) is 10.3 Å². The highest BCUT2D eigenvalue weighted by molar-refractivity contribution is 9.10. The number of aromatic nitrogens is 1. The number of hydrogen-bond donors (Lipinski definition) is 1. The average molecular weight is 283 g/mol. The zero-order chi connectivity index (χ0) is 11.0. The van der Waals surface area contributed by atoms with Crippen molar-refractivity contribution in [3.63, 3.8) is 0 Å². The Morgan fingerprint density at radius 1 is 1.44 bits per heavy atom. The summed E-state index contributed by atoms with van der Waals surface area (Å²) >= 11 is 3.44. The van der Waals surface area contributed by atoms with Gasteiger partial charge in [0, 0.05) is 13.1 Å². The minimum atomic E-state index is -0.0759. The molecule has 1 aliphatic rings. The minimum absolute atomic E-state index is 0.0759. The van der Waals surface area contributed by atoms with Gasteiger partial charge in [-0.15, -0.1) is 0 Å². The van der Waals surface area contributed by atoms with Gasteiger partial charge in [-0.1, -0.05) is 6.07 Å². The molecule has 1 aromatic heterocycles. The first-order chi connectivity index (χ1) is 7.84. The first kappa shape index (κ1) is 10.3. The second-order valence-electron chi connectivity index (χ2n) is 3.70. The molecule has 1 saturated heterocycles. The van der Waals surface area contributed by atoms with Gasteiger partial charge in [0.25, 0.3) is 0 Å². The van der Waals surface area contributed by atoms with E-state index in [-0.39, 0.29) is 6.10 Å². The van der Waals surface area contributed by atoms with E-state index in [2.05, 4.69) is 26.2 Å². The fourth-order valence-electron chi connectivity index (χ4n) is 1.79. The number of benzene rings is 1. The zero-order valence-electron chi connectivity index (χ0n) is 8.57. The van der Waals surface area contributed by atoms with Crippen LogP contribution in [0.25, 0.3) is 11.1 Å². The van der Waals surface area contributed by atoms with Crippen LogP contribution in [0.1, 0.15) is 12.0 Å². The number of hydrogen-bond acceptors (Lipinski definition) is 4. The summed E-state index contributed by atoms with van der Waals surface area (Å²) in [6, 6.07) is 5.82. The van der Waals surface area contributed by atoms with Gasteiger partial charge in [-0.25, -0.2) is 4.98 Å². The Morgan fingerprint density at radius 3 is 3.12 bits per heavy atom. The Bertz CT molecular complexity index is 506. The zero-order valence-corrected chi connectivity index (χ0v) is 10.2. The molecule has 0 bridgehead atoms. The van der Waals surface area contributed by atoms with Crippen LogP contribution < -0.4 is 5.32 Å². The molecule has 0 amide bonds. The maximum atomic E-state index is 5.72. The molecule has 4 nitrogen and oxygen atoms in total. The highest BCUT2D eigenvalue weighted by Gasteiger charge is 2.21. The van der Waals surface area contributed by atoms with E-state index in [1.54, 1.807) is 0 Å². The largest absolute Gasteiger partial charge is 0.437 e. The fourth-order valence-corrected chi connectivity index (χ4v) is 2.23. The van der Waals surface area contributed by atoms with Gasteiger partial charge >= 0.3 is 0 Å². The summed E-state index contributed by atoms with van der Waals surface area (Å²) in [6.07, 6.45) is -0.0759. The highest BCUT2D eigenvalue weighted by atomic mass is 79.9. The molecule has 1 atom stereocenters. The summed E-state index contributed by atoms with van der Waals surface area (Å²) in [7, 11) is 0. The van der Waals surface area contributed by atoms with E-state index in [0.29, 0.717) is 12.5 Å². The van der Waals surface area contributed by atoms with Crippen LogP contribution in [0.15, 0.2) is 27.1 Å². The van der Waals surface area contributed by atoms with Crippen LogP contribution in [0.3, 0.4) is 0 Å². The molecule has 1 N–H and O–H groups in total. The van der Waals surface area contributed by atoms with Crippen LogP contribution in [-0.2, 0) is 4.74 Å². The lowest BCUT2D eigenvalue weighted by Crippen LogP contribution is -2.33. The number of nitrogens with zero attached hydrogens (tertiary/aromatic N) is 1.